The molecule has 0 aliphatic carbocycles. The molecule has 50 heavy (non-hydrogen) atoms. The van der Waals surface area contributed by atoms with Crippen molar-refractivity contribution in [1.82, 2.24) is 0 Å². The number of methoxy groups -OCH3 is 2. The second-order valence-corrected chi connectivity index (χ2v) is 12.1. The molecule has 2 aromatic rings. The van der Waals surface area contributed by atoms with Gasteiger partial charge in [-0.3, -0.25) is 0 Å². The predicted molar refractivity (Wildman–Crippen MR) is 166 cm³/mol. The summed E-state index contributed by atoms with van der Waals surface area (Å²) >= 11 is 0. The van der Waals surface area contributed by atoms with Crippen molar-refractivity contribution >= 4 is 0 Å². The van der Waals surface area contributed by atoms with Gasteiger partial charge in [-0.15, -0.1) is 0 Å². The lowest BCUT2D eigenvalue weighted by atomic mass is 9.83. The van der Waals surface area contributed by atoms with Crippen molar-refractivity contribution in [3.05, 3.63) is 47.5 Å². The fourth-order valence-corrected chi connectivity index (χ4v) is 6.00. The van der Waals surface area contributed by atoms with Crippen LogP contribution in [0.5, 0.6) is 23.0 Å². The van der Waals surface area contributed by atoms with E-state index in [1.165, 1.54) is 26.4 Å². The van der Waals surface area contributed by atoms with Crippen molar-refractivity contribution in [2.45, 2.75) is 74.3 Å². The molecule has 12 atom stereocenters. The van der Waals surface area contributed by atoms with Crippen LogP contribution in [0.3, 0.4) is 0 Å². The summed E-state index contributed by atoms with van der Waals surface area (Å²) in [6.45, 7) is -1.72. The second kappa shape index (κ2) is 18.5. The summed E-state index contributed by atoms with van der Waals surface area (Å²) < 4.78 is 33.8. The lowest BCUT2D eigenvalue weighted by Gasteiger charge is -2.41. The first-order valence-electron chi connectivity index (χ1n) is 15.8. The molecule has 2 aliphatic rings. The molecule has 2 fully saturated rings. The Bertz CT molecular complexity index is 1230. The minimum Gasteiger partial charge on any atom is -0.493 e. The first-order chi connectivity index (χ1) is 24.0. The number of aliphatic hydroxyl groups excluding tert-OH is 8. The molecule has 18 nitrogen and oxygen atoms in total. The van der Waals surface area contributed by atoms with Gasteiger partial charge in [-0.05, 0) is 60.1 Å². The van der Waals surface area contributed by atoms with Crippen LogP contribution in [-0.2, 0) is 31.8 Å². The molecule has 0 unspecified atom stereocenters. The van der Waals surface area contributed by atoms with Crippen molar-refractivity contribution in [2.75, 3.05) is 40.6 Å². The smallest absolute Gasteiger partial charge is 0.206 e. The number of hydrogen-bond acceptors (Lipinski definition) is 18. The van der Waals surface area contributed by atoms with E-state index in [0.717, 1.165) is 0 Å². The Balaban J connectivity index is 1.69. The lowest BCUT2D eigenvalue weighted by Crippen LogP contribution is -2.59. The maximum absolute atomic E-state index is 10.7. The molecular formula is C32H46O18. The van der Waals surface area contributed by atoms with Gasteiger partial charge in [0.1, 0.15) is 48.8 Å². The Labute approximate surface area is 286 Å². The SMILES string of the molecule is COc1cc(C[C@H](CO[C@@H]2O[C@H](CO)[C@@H](O)[C@H](O)[C@@H]2O)[C@@H](CO[C@H]2O[C@H](CO)[C@@H](O)[C@H](O)[C@@H]2O)Cc2ccc(OO)c(OC)c2)ccc1OO. The average molecular weight is 719 g/mol. The van der Waals surface area contributed by atoms with Crippen LogP contribution in [0.2, 0.25) is 0 Å². The summed E-state index contributed by atoms with van der Waals surface area (Å²) in [6.07, 6.45) is -14.9. The molecule has 0 spiro atoms. The molecule has 2 aromatic carbocycles. The molecule has 0 aromatic heterocycles. The quantitative estimate of drug-likeness (QED) is 0.0629. The van der Waals surface area contributed by atoms with Crippen LogP contribution in [0, 0.1) is 11.8 Å². The highest BCUT2D eigenvalue weighted by Gasteiger charge is 2.46. The summed E-state index contributed by atoms with van der Waals surface area (Å²) in [5.74, 6) is -0.665. The van der Waals surface area contributed by atoms with Crippen molar-refractivity contribution in [3.8, 4) is 23.0 Å². The van der Waals surface area contributed by atoms with E-state index in [-0.39, 0.29) is 49.1 Å². The van der Waals surface area contributed by atoms with Crippen LogP contribution in [0.15, 0.2) is 36.4 Å². The Hall–Kier alpha value is -2.92. The van der Waals surface area contributed by atoms with Crippen LogP contribution in [-0.4, -0.2) is 153 Å². The van der Waals surface area contributed by atoms with Crippen molar-refractivity contribution in [2.24, 2.45) is 11.8 Å². The fourth-order valence-electron chi connectivity index (χ4n) is 6.00. The van der Waals surface area contributed by atoms with Crippen molar-refractivity contribution < 1.29 is 89.6 Å². The minimum absolute atomic E-state index is 0.0474. The lowest BCUT2D eigenvalue weighted by molar-refractivity contribution is -0.308. The van der Waals surface area contributed by atoms with Gasteiger partial charge in [0.2, 0.25) is 11.5 Å². The zero-order valence-corrected chi connectivity index (χ0v) is 27.4. The first kappa shape index (κ1) is 39.9. The summed E-state index contributed by atoms with van der Waals surface area (Å²) in [5.41, 5.74) is 1.31. The van der Waals surface area contributed by atoms with Crippen LogP contribution in [0.25, 0.3) is 0 Å². The average Bonchev–Trinajstić information content (AvgIpc) is 3.14. The Kier molecular flexibility index (Phi) is 14.8. The van der Waals surface area contributed by atoms with E-state index < -0.39 is 86.5 Å². The van der Waals surface area contributed by atoms with E-state index in [1.807, 2.05) is 0 Å². The number of rotatable bonds is 17. The normalized spacial score (nSPS) is 31.1. The van der Waals surface area contributed by atoms with Gasteiger partial charge in [0, 0.05) is 0 Å². The molecule has 0 bridgehead atoms. The predicted octanol–water partition coefficient (Wildman–Crippen LogP) is -1.94. The molecule has 18 heteroatoms. The Morgan fingerprint density at radius 1 is 0.560 bits per heavy atom. The number of ether oxygens (including phenoxy) is 6. The van der Waals surface area contributed by atoms with Crippen LogP contribution in [0.4, 0.5) is 0 Å². The molecule has 282 valence electrons. The molecule has 0 saturated carbocycles. The van der Waals surface area contributed by atoms with Crippen LogP contribution >= 0.6 is 0 Å². The van der Waals surface area contributed by atoms with Gasteiger partial charge in [0.05, 0.1) is 40.6 Å². The fraction of sp³-hybridized carbons (Fsp3) is 0.625. The third-order valence-corrected chi connectivity index (χ3v) is 8.96. The highest BCUT2D eigenvalue weighted by Crippen LogP contribution is 2.34. The maximum Gasteiger partial charge on any atom is 0.206 e. The standard InChI is InChI=1S/C32H46O18/c1-43-21-9-15(3-5-19(21)49-41)7-17(13-45-31-29(39)27(37)25(35)23(11-33)47-31)18(8-16-4-6-20(50-42)22(10-16)44-2)14-46-32-30(40)28(38)26(36)24(12-34)48-32/h3-6,9-10,17-18,23-42H,7-8,11-14H2,1-2H3/t17-,18-,23-,24-,25-,26-,27+,28+,29+,30+,31-,32+/m1/s1. The largest absolute Gasteiger partial charge is 0.493 e. The van der Waals surface area contributed by atoms with Gasteiger partial charge in [-0.25, -0.2) is 10.5 Å². The first-order valence-corrected chi connectivity index (χ1v) is 15.8. The maximum atomic E-state index is 10.7. The summed E-state index contributed by atoms with van der Waals surface area (Å²) in [6, 6.07) is 9.47. The third kappa shape index (κ3) is 9.29. The van der Waals surface area contributed by atoms with Gasteiger partial charge in [0.15, 0.2) is 24.1 Å². The van der Waals surface area contributed by atoms with Crippen LogP contribution < -0.4 is 19.2 Å². The minimum atomic E-state index is -1.69. The number of hydrogen-bond donors (Lipinski definition) is 10. The zero-order valence-electron chi connectivity index (χ0n) is 27.4. The monoisotopic (exact) mass is 718 g/mol. The van der Waals surface area contributed by atoms with E-state index in [2.05, 4.69) is 9.78 Å². The van der Waals surface area contributed by atoms with Gasteiger partial charge in [-0.1, -0.05) is 12.1 Å². The van der Waals surface area contributed by atoms with Crippen LogP contribution in [0.1, 0.15) is 11.1 Å². The second-order valence-electron chi connectivity index (χ2n) is 12.1. The number of aliphatic hydroxyl groups is 8. The van der Waals surface area contributed by atoms with E-state index >= 15 is 0 Å². The molecule has 2 aliphatic heterocycles. The van der Waals surface area contributed by atoms with E-state index in [4.69, 9.17) is 28.4 Å². The molecule has 4 rings (SSSR count). The highest BCUT2D eigenvalue weighted by atomic mass is 17.1. The highest BCUT2D eigenvalue weighted by molar-refractivity contribution is 5.43. The third-order valence-electron chi connectivity index (χ3n) is 8.96. The van der Waals surface area contributed by atoms with E-state index in [9.17, 15) is 51.4 Å². The topological polar surface area (TPSA) is 276 Å². The van der Waals surface area contributed by atoms with Gasteiger partial charge < -0.3 is 79.0 Å². The summed E-state index contributed by atoms with van der Waals surface area (Å²) in [5, 5.41) is 100. The molecule has 2 heterocycles. The van der Waals surface area contributed by atoms with Gasteiger partial charge >= 0.3 is 0 Å². The van der Waals surface area contributed by atoms with Crippen molar-refractivity contribution in [1.29, 1.82) is 0 Å². The molecule has 10 N–H and O–H groups in total. The van der Waals surface area contributed by atoms with E-state index in [1.54, 1.807) is 24.3 Å². The Morgan fingerprint density at radius 3 is 1.26 bits per heavy atom. The molecule has 2 saturated heterocycles. The van der Waals surface area contributed by atoms with E-state index in [0.29, 0.717) is 11.1 Å². The summed E-state index contributed by atoms with van der Waals surface area (Å²) in [7, 11) is 2.76. The molecular weight excluding hydrogens is 672 g/mol. The van der Waals surface area contributed by atoms with Gasteiger partial charge in [0.25, 0.3) is 0 Å². The molecule has 0 amide bonds. The van der Waals surface area contributed by atoms with Gasteiger partial charge in [-0.2, -0.15) is 0 Å². The number of benzene rings is 2. The Morgan fingerprint density at radius 2 is 0.940 bits per heavy atom. The van der Waals surface area contributed by atoms with Crippen molar-refractivity contribution in [3.63, 3.8) is 0 Å². The zero-order chi connectivity index (χ0) is 36.5. The molecule has 0 radical (unpaired) electrons. The summed E-state index contributed by atoms with van der Waals surface area (Å²) in [4.78, 5) is 8.76.